The first kappa shape index (κ1) is 11.6. The summed E-state index contributed by atoms with van der Waals surface area (Å²) in [6.07, 6.45) is 3.20. The average Bonchev–Trinajstić information content (AvgIpc) is 2.14. The number of aromatic nitrogens is 1. The van der Waals surface area contributed by atoms with Crippen LogP contribution in [-0.2, 0) is 9.59 Å². The van der Waals surface area contributed by atoms with Crippen molar-refractivity contribution in [2.24, 2.45) is 5.41 Å². The van der Waals surface area contributed by atoms with Crippen LogP contribution in [0.5, 0.6) is 0 Å². The van der Waals surface area contributed by atoms with Gasteiger partial charge in [0.25, 0.3) is 0 Å². The number of carbonyl (C=O) groups excluding carboxylic acids is 1. The van der Waals surface area contributed by atoms with Gasteiger partial charge in [-0.1, -0.05) is 6.42 Å². The maximum absolute atomic E-state index is 12.0. The van der Waals surface area contributed by atoms with Gasteiger partial charge in [0.1, 0.15) is 5.41 Å². The van der Waals surface area contributed by atoms with Crippen LogP contribution in [0.2, 0.25) is 0 Å². The molecule has 2 rings (SSSR count). The Kier molecular flexibility index (Phi) is 2.83. The highest BCUT2D eigenvalue weighted by molar-refractivity contribution is 6.09. The summed E-state index contributed by atoms with van der Waals surface area (Å²) in [5.41, 5.74) is 0.146. The monoisotopic (exact) mass is 234 g/mol. The van der Waals surface area contributed by atoms with Gasteiger partial charge >= 0.3 is 5.97 Å². The van der Waals surface area contributed by atoms with Crippen molar-refractivity contribution in [2.75, 3.05) is 5.32 Å². The molecule has 0 atom stereocenters. The van der Waals surface area contributed by atoms with E-state index in [2.05, 4.69) is 10.3 Å². The summed E-state index contributed by atoms with van der Waals surface area (Å²) in [6, 6.07) is 3.37. The Morgan fingerprint density at radius 2 is 2.18 bits per heavy atom. The minimum Gasteiger partial charge on any atom is -0.480 e. The second kappa shape index (κ2) is 4.16. The van der Waals surface area contributed by atoms with E-state index in [0.29, 0.717) is 18.5 Å². The second-order valence-electron chi connectivity index (χ2n) is 4.38. The van der Waals surface area contributed by atoms with Gasteiger partial charge < -0.3 is 10.4 Å². The molecule has 1 aromatic heterocycles. The molecular weight excluding hydrogens is 220 g/mol. The average molecular weight is 234 g/mol. The van der Waals surface area contributed by atoms with Gasteiger partial charge in [0.2, 0.25) is 5.91 Å². The van der Waals surface area contributed by atoms with E-state index in [1.165, 1.54) is 0 Å². The standard InChI is InChI=1S/C12H14N2O3/c1-8-7-9(3-6-13-8)14-10(15)12(11(16)17)4-2-5-12/h3,6-7H,2,4-5H2,1H3,(H,16,17)(H,13,14,15). The summed E-state index contributed by atoms with van der Waals surface area (Å²) in [7, 11) is 0. The number of nitrogens with zero attached hydrogens (tertiary/aromatic N) is 1. The summed E-state index contributed by atoms with van der Waals surface area (Å²) >= 11 is 0. The minimum atomic E-state index is -1.23. The van der Waals surface area contributed by atoms with E-state index < -0.39 is 17.3 Å². The quantitative estimate of drug-likeness (QED) is 0.778. The molecule has 0 spiro atoms. The van der Waals surface area contributed by atoms with Crippen LogP contribution in [0.1, 0.15) is 25.0 Å². The number of nitrogens with one attached hydrogen (secondary N) is 1. The zero-order chi connectivity index (χ0) is 12.5. The molecule has 0 saturated heterocycles. The van der Waals surface area contributed by atoms with E-state index in [-0.39, 0.29) is 0 Å². The van der Waals surface area contributed by atoms with Crippen LogP contribution in [0.25, 0.3) is 0 Å². The predicted octanol–water partition coefficient (Wildman–Crippen LogP) is 1.58. The smallest absolute Gasteiger partial charge is 0.319 e. The van der Waals surface area contributed by atoms with Gasteiger partial charge in [-0.25, -0.2) is 0 Å². The summed E-state index contributed by atoms with van der Waals surface area (Å²) in [4.78, 5) is 27.1. The van der Waals surface area contributed by atoms with Crippen LogP contribution in [0.4, 0.5) is 5.69 Å². The molecule has 1 aromatic rings. The van der Waals surface area contributed by atoms with Crippen LogP contribution in [0, 0.1) is 12.3 Å². The van der Waals surface area contributed by atoms with Crippen LogP contribution >= 0.6 is 0 Å². The number of carbonyl (C=O) groups is 2. The number of aryl methyl sites for hydroxylation is 1. The minimum absolute atomic E-state index is 0.415. The number of aliphatic carboxylic acids is 1. The number of amides is 1. The molecule has 1 aliphatic carbocycles. The van der Waals surface area contributed by atoms with E-state index in [1.54, 1.807) is 18.3 Å². The molecule has 2 N–H and O–H groups in total. The molecule has 17 heavy (non-hydrogen) atoms. The van der Waals surface area contributed by atoms with Gasteiger partial charge in [-0.2, -0.15) is 0 Å². The molecule has 0 bridgehead atoms. The van der Waals surface area contributed by atoms with E-state index in [0.717, 1.165) is 12.1 Å². The Morgan fingerprint density at radius 1 is 1.47 bits per heavy atom. The number of pyridine rings is 1. The Morgan fingerprint density at radius 3 is 2.65 bits per heavy atom. The number of hydrogen-bond acceptors (Lipinski definition) is 3. The normalized spacial score (nSPS) is 17.0. The molecule has 1 fully saturated rings. The first-order chi connectivity index (χ1) is 8.04. The molecule has 90 valence electrons. The fourth-order valence-electron chi connectivity index (χ4n) is 1.94. The van der Waals surface area contributed by atoms with Crippen molar-refractivity contribution < 1.29 is 14.7 Å². The van der Waals surface area contributed by atoms with E-state index in [9.17, 15) is 9.59 Å². The highest BCUT2D eigenvalue weighted by atomic mass is 16.4. The molecular formula is C12H14N2O3. The maximum Gasteiger partial charge on any atom is 0.319 e. The van der Waals surface area contributed by atoms with Crippen molar-refractivity contribution in [3.63, 3.8) is 0 Å². The SMILES string of the molecule is Cc1cc(NC(=O)C2(C(=O)O)CCC2)ccn1. The van der Waals surface area contributed by atoms with Gasteiger partial charge in [-0.3, -0.25) is 14.6 Å². The summed E-state index contributed by atoms with van der Waals surface area (Å²) < 4.78 is 0. The molecule has 0 unspecified atom stereocenters. The van der Waals surface area contributed by atoms with Crippen LogP contribution in [0.15, 0.2) is 18.3 Å². The zero-order valence-corrected chi connectivity index (χ0v) is 9.56. The molecule has 0 radical (unpaired) electrons. The van der Waals surface area contributed by atoms with Crippen molar-refractivity contribution in [3.05, 3.63) is 24.0 Å². The van der Waals surface area contributed by atoms with Gasteiger partial charge in [-0.15, -0.1) is 0 Å². The lowest BCUT2D eigenvalue weighted by Gasteiger charge is -2.35. The topological polar surface area (TPSA) is 79.3 Å². The van der Waals surface area contributed by atoms with Crippen molar-refractivity contribution in [2.45, 2.75) is 26.2 Å². The van der Waals surface area contributed by atoms with Crippen molar-refractivity contribution in [1.29, 1.82) is 0 Å². The van der Waals surface area contributed by atoms with Crippen molar-refractivity contribution in [1.82, 2.24) is 4.98 Å². The van der Waals surface area contributed by atoms with E-state index >= 15 is 0 Å². The van der Waals surface area contributed by atoms with Gasteiger partial charge in [0.15, 0.2) is 0 Å². The van der Waals surface area contributed by atoms with Crippen LogP contribution < -0.4 is 5.32 Å². The third kappa shape index (κ3) is 2.00. The van der Waals surface area contributed by atoms with Gasteiger partial charge in [-0.05, 0) is 31.9 Å². The number of carboxylic acid groups (broad SMARTS) is 1. The molecule has 5 nitrogen and oxygen atoms in total. The van der Waals surface area contributed by atoms with Crippen LogP contribution in [-0.4, -0.2) is 22.0 Å². The zero-order valence-electron chi connectivity index (χ0n) is 9.56. The summed E-state index contributed by atoms with van der Waals surface area (Å²) in [5.74, 6) is -1.46. The third-order valence-electron chi connectivity index (χ3n) is 3.21. The number of rotatable bonds is 3. The fourth-order valence-corrected chi connectivity index (χ4v) is 1.94. The largest absolute Gasteiger partial charge is 0.480 e. The third-order valence-corrected chi connectivity index (χ3v) is 3.21. The molecule has 0 aliphatic heterocycles. The summed E-state index contributed by atoms with van der Waals surface area (Å²) in [5, 5.41) is 11.8. The van der Waals surface area contributed by atoms with E-state index in [4.69, 9.17) is 5.11 Å². The highest BCUT2D eigenvalue weighted by Crippen LogP contribution is 2.42. The molecule has 0 aromatic carbocycles. The Hall–Kier alpha value is -1.91. The van der Waals surface area contributed by atoms with E-state index in [1.807, 2.05) is 6.92 Å². The molecule has 1 heterocycles. The lowest BCUT2D eigenvalue weighted by atomic mass is 9.68. The lowest BCUT2D eigenvalue weighted by molar-refractivity contribution is -0.159. The second-order valence-corrected chi connectivity index (χ2v) is 4.38. The van der Waals surface area contributed by atoms with Crippen LogP contribution in [0.3, 0.4) is 0 Å². The Labute approximate surface area is 98.9 Å². The number of hydrogen-bond donors (Lipinski definition) is 2. The number of anilines is 1. The fraction of sp³-hybridized carbons (Fsp3) is 0.417. The Bertz CT molecular complexity index is 467. The van der Waals surface area contributed by atoms with Gasteiger partial charge in [0.05, 0.1) is 0 Å². The molecule has 1 aliphatic rings. The van der Waals surface area contributed by atoms with Crippen molar-refractivity contribution >= 4 is 17.6 Å². The molecule has 1 saturated carbocycles. The Balaban J connectivity index is 2.14. The first-order valence-corrected chi connectivity index (χ1v) is 5.52. The van der Waals surface area contributed by atoms with Crippen molar-refractivity contribution in [3.8, 4) is 0 Å². The lowest BCUT2D eigenvalue weighted by Crippen LogP contribution is -2.48. The maximum atomic E-state index is 12.0. The summed E-state index contributed by atoms with van der Waals surface area (Å²) in [6.45, 7) is 1.81. The molecule has 5 heteroatoms. The molecule has 1 amide bonds. The first-order valence-electron chi connectivity index (χ1n) is 5.52. The number of carboxylic acids is 1. The van der Waals surface area contributed by atoms with Gasteiger partial charge in [0, 0.05) is 17.6 Å². The predicted molar refractivity (Wildman–Crippen MR) is 61.5 cm³/mol. The highest BCUT2D eigenvalue weighted by Gasteiger charge is 2.51.